The molecule has 17 heavy (non-hydrogen) atoms. The maximum atomic E-state index is 5.93. The predicted molar refractivity (Wildman–Crippen MR) is 74.3 cm³/mol. The fourth-order valence-electron chi connectivity index (χ4n) is 2.53. The lowest BCUT2D eigenvalue weighted by atomic mass is 9.90. The predicted octanol–water partition coefficient (Wildman–Crippen LogP) is 3.61. The highest BCUT2D eigenvalue weighted by Crippen LogP contribution is 2.23. The van der Waals surface area contributed by atoms with E-state index < -0.39 is 0 Å². The molecule has 1 unspecified atom stereocenters. The SMILES string of the molecule is CCCNC(COCC1CCCCC1)C(C)C. The van der Waals surface area contributed by atoms with Crippen LogP contribution in [0.15, 0.2) is 0 Å². The minimum absolute atomic E-state index is 0.526. The van der Waals surface area contributed by atoms with E-state index in [0.717, 1.165) is 25.7 Å². The van der Waals surface area contributed by atoms with Gasteiger partial charge in [-0.3, -0.25) is 0 Å². The van der Waals surface area contributed by atoms with Gasteiger partial charge in [0.05, 0.1) is 6.61 Å². The van der Waals surface area contributed by atoms with Gasteiger partial charge in [0.2, 0.25) is 0 Å². The second-order valence-electron chi connectivity index (χ2n) is 5.85. The molecule has 1 rings (SSSR count). The van der Waals surface area contributed by atoms with Gasteiger partial charge in [0.25, 0.3) is 0 Å². The molecule has 0 saturated heterocycles. The molecule has 1 N–H and O–H groups in total. The monoisotopic (exact) mass is 241 g/mol. The first-order valence-electron chi connectivity index (χ1n) is 7.55. The van der Waals surface area contributed by atoms with Crippen LogP contribution in [0.4, 0.5) is 0 Å². The Balaban J connectivity index is 2.12. The van der Waals surface area contributed by atoms with Crippen LogP contribution >= 0.6 is 0 Å². The Hall–Kier alpha value is -0.0800. The summed E-state index contributed by atoms with van der Waals surface area (Å²) in [4.78, 5) is 0. The van der Waals surface area contributed by atoms with Crippen LogP contribution in [-0.4, -0.2) is 25.8 Å². The number of hydrogen-bond donors (Lipinski definition) is 1. The summed E-state index contributed by atoms with van der Waals surface area (Å²) in [5.74, 6) is 1.50. The quantitative estimate of drug-likeness (QED) is 0.701. The van der Waals surface area contributed by atoms with Gasteiger partial charge in [-0.2, -0.15) is 0 Å². The van der Waals surface area contributed by atoms with Gasteiger partial charge >= 0.3 is 0 Å². The third kappa shape index (κ3) is 6.42. The van der Waals surface area contributed by atoms with E-state index in [9.17, 15) is 0 Å². The summed E-state index contributed by atoms with van der Waals surface area (Å²) in [5, 5.41) is 3.58. The molecule has 0 radical (unpaired) electrons. The number of hydrogen-bond acceptors (Lipinski definition) is 2. The zero-order chi connectivity index (χ0) is 12.5. The summed E-state index contributed by atoms with van der Waals surface area (Å²) in [6.45, 7) is 9.74. The number of ether oxygens (including phenoxy) is 1. The first-order chi connectivity index (χ1) is 8.24. The van der Waals surface area contributed by atoms with Gasteiger partial charge in [-0.15, -0.1) is 0 Å². The van der Waals surface area contributed by atoms with Gasteiger partial charge in [-0.25, -0.2) is 0 Å². The van der Waals surface area contributed by atoms with E-state index in [2.05, 4.69) is 26.1 Å². The molecule has 1 aliphatic rings. The molecule has 0 aliphatic heterocycles. The van der Waals surface area contributed by atoms with E-state index in [0.29, 0.717) is 12.0 Å². The lowest BCUT2D eigenvalue weighted by molar-refractivity contribution is 0.0606. The van der Waals surface area contributed by atoms with E-state index >= 15 is 0 Å². The maximum absolute atomic E-state index is 5.93. The van der Waals surface area contributed by atoms with E-state index in [1.165, 1.54) is 38.5 Å². The van der Waals surface area contributed by atoms with Crippen molar-refractivity contribution in [3.63, 3.8) is 0 Å². The van der Waals surface area contributed by atoms with Crippen molar-refractivity contribution in [1.29, 1.82) is 0 Å². The highest BCUT2D eigenvalue weighted by atomic mass is 16.5. The molecule has 1 saturated carbocycles. The van der Waals surface area contributed by atoms with Crippen LogP contribution in [-0.2, 0) is 4.74 Å². The lowest BCUT2D eigenvalue weighted by Crippen LogP contribution is -2.38. The highest BCUT2D eigenvalue weighted by Gasteiger charge is 2.16. The van der Waals surface area contributed by atoms with Crippen LogP contribution in [0.1, 0.15) is 59.3 Å². The lowest BCUT2D eigenvalue weighted by Gasteiger charge is -2.25. The molecule has 0 amide bonds. The van der Waals surface area contributed by atoms with Gasteiger partial charge in [0, 0.05) is 12.6 Å². The molecule has 1 fully saturated rings. The third-order valence-corrected chi connectivity index (χ3v) is 3.84. The highest BCUT2D eigenvalue weighted by molar-refractivity contribution is 4.71. The van der Waals surface area contributed by atoms with Crippen LogP contribution < -0.4 is 5.32 Å². The molecule has 0 aromatic rings. The number of rotatable bonds is 8. The first-order valence-corrected chi connectivity index (χ1v) is 7.55. The Labute approximate surface area is 108 Å². The van der Waals surface area contributed by atoms with Crippen molar-refractivity contribution in [2.75, 3.05) is 19.8 Å². The van der Waals surface area contributed by atoms with Crippen LogP contribution in [0.25, 0.3) is 0 Å². The molecule has 2 nitrogen and oxygen atoms in total. The van der Waals surface area contributed by atoms with Crippen molar-refractivity contribution in [2.24, 2.45) is 11.8 Å². The van der Waals surface area contributed by atoms with E-state index in [1.54, 1.807) is 0 Å². The van der Waals surface area contributed by atoms with E-state index in [1.807, 2.05) is 0 Å². The minimum Gasteiger partial charge on any atom is -0.380 e. The Morgan fingerprint density at radius 1 is 1.18 bits per heavy atom. The van der Waals surface area contributed by atoms with Gasteiger partial charge in [-0.1, -0.05) is 40.0 Å². The normalized spacial score (nSPS) is 19.8. The zero-order valence-electron chi connectivity index (χ0n) is 12.0. The minimum atomic E-state index is 0.526. The van der Waals surface area contributed by atoms with Crippen molar-refractivity contribution in [3.8, 4) is 0 Å². The first kappa shape index (κ1) is 15.0. The zero-order valence-corrected chi connectivity index (χ0v) is 12.0. The third-order valence-electron chi connectivity index (χ3n) is 3.84. The van der Waals surface area contributed by atoms with Gasteiger partial charge < -0.3 is 10.1 Å². The Morgan fingerprint density at radius 3 is 2.47 bits per heavy atom. The summed E-state index contributed by atoms with van der Waals surface area (Å²) in [7, 11) is 0. The largest absolute Gasteiger partial charge is 0.380 e. The molecular formula is C15H31NO. The number of nitrogens with one attached hydrogen (secondary N) is 1. The van der Waals surface area contributed by atoms with Crippen molar-refractivity contribution >= 4 is 0 Å². The van der Waals surface area contributed by atoms with Gasteiger partial charge in [0.15, 0.2) is 0 Å². The molecule has 102 valence electrons. The van der Waals surface area contributed by atoms with Gasteiger partial charge in [-0.05, 0) is 37.6 Å². The molecule has 0 bridgehead atoms. The summed E-state index contributed by atoms with van der Waals surface area (Å²) >= 11 is 0. The fourth-order valence-corrected chi connectivity index (χ4v) is 2.53. The Bertz CT molecular complexity index is 176. The fraction of sp³-hybridized carbons (Fsp3) is 1.00. The van der Waals surface area contributed by atoms with Crippen molar-refractivity contribution in [3.05, 3.63) is 0 Å². The van der Waals surface area contributed by atoms with Crippen LogP contribution in [0.5, 0.6) is 0 Å². The standard InChI is InChI=1S/C15H31NO/c1-4-10-16-15(13(2)3)12-17-11-14-8-6-5-7-9-14/h13-16H,4-12H2,1-3H3. The van der Waals surface area contributed by atoms with E-state index in [4.69, 9.17) is 4.74 Å². The molecule has 0 aromatic heterocycles. The second kappa shape index (κ2) is 8.93. The topological polar surface area (TPSA) is 21.3 Å². The summed E-state index contributed by atoms with van der Waals surface area (Å²) < 4.78 is 5.93. The summed E-state index contributed by atoms with van der Waals surface area (Å²) in [6.07, 6.45) is 8.23. The Kier molecular flexibility index (Phi) is 7.87. The van der Waals surface area contributed by atoms with Crippen molar-refractivity contribution < 1.29 is 4.74 Å². The molecule has 1 aliphatic carbocycles. The molecule has 0 spiro atoms. The second-order valence-corrected chi connectivity index (χ2v) is 5.85. The summed E-state index contributed by atoms with van der Waals surface area (Å²) in [6, 6.07) is 0.526. The average Bonchev–Trinajstić information content (AvgIpc) is 2.34. The molecule has 0 aromatic carbocycles. The maximum Gasteiger partial charge on any atom is 0.0622 e. The average molecular weight is 241 g/mol. The van der Waals surface area contributed by atoms with E-state index in [-0.39, 0.29) is 0 Å². The van der Waals surface area contributed by atoms with Crippen molar-refractivity contribution in [2.45, 2.75) is 65.3 Å². The van der Waals surface area contributed by atoms with Crippen LogP contribution in [0, 0.1) is 11.8 Å². The molecule has 1 atom stereocenters. The van der Waals surface area contributed by atoms with Crippen molar-refractivity contribution in [1.82, 2.24) is 5.32 Å². The molecule has 0 heterocycles. The van der Waals surface area contributed by atoms with Crippen LogP contribution in [0.3, 0.4) is 0 Å². The van der Waals surface area contributed by atoms with Crippen LogP contribution in [0.2, 0.25) is 0 Å². The molecular weight excluding hydrogens is 210 g/mol. The smallest absolute Gasteiger partial charge is 0.0622 e. The summed E-state index contributed by atoms with van der Waals surface area (Å²) in [5.41, 5.74) is 0. The van der Waals surface area contributed by atoms with Gasteiger partial charge in [0.1, 0.15) is 0 Å². The Morgan fingerprint density at radius 2 is 1.88 bits per heavy atom. The molecule has 2 heteroatoms.